The minimum atomic E-state index is -0.879. The van der Waals surface area contributed by atoms with Crippen LogP contribution < -0.4 is 16.0 Å². The Balaban J connectivity index is 1.58. The van der Waals surface area contributed by atoms with E-state index in [0.29, 0.717) is 35.5 Å². The SMILES string of the molecule is CC(C)C[C@H](NC(=O)C(S)CCCN1C(=O)c2ccccc2C1=O)C(=O)N[C@H](C(=O)Nc1nccs1)C(C)(C)C. The van der Waals surface area contributed by atoms with Crippen molar-refractivity contribution in [1.82, 2.24) is 20.5 Å². The summed E-state index contributed by atoms with van der Waals surface area (Å²) in [7, 11) is 0. The summed E-state index contributed by atoms with van der Waals surface area (Å²) < 4.78 is 0. The zero-order chi connectivity index (χ0) is 29.6. The van der Waals surface area contributed by atoms with Crippen molar-refractivity contribution in [3.63, 3.8) is 0 Å². The second-order valence-corrected chi connectivity index (χ2v) is 12.8. The highest BCUT2D eigenvalue weighted by Crippen LogP contribution is 2.24. The lowest BCUT2D eigenvalue weighted by Gasteiger charge is -2.32. The van der Waals surface area contributed by atoms with E-state index in [-0.39, 0.29) is 24.3 Å². The number of hydrogen-bond donors (Lipinski definition) is 4. The number of anilines is 1. The molecular formula is C28H37N5O5S2. The van der Waals surface area contributed by atoms with Crippen LogP contribution in [0.4, 0.5) is 5.13 Å². The number of imide groups is 1. The van der Waals surface area contributed by atoms with Crippen LogP contribution in [-0.2, 0) is 14.4 Å². The number of carbonyl (C=O) groups excluding carboxylic acids is 5. The molecule has 3 N–H and O–H groups in total. The molecule has 1 aromatic carbocycles. The Bertz CT molecular complexity index is 1210. The molecule has 0 saturated carbocycles. The number of thiol groups is 1. The fraction of sp³-hybridized carbons (Fsp3) is 0.500. The van der Waals surface area contributed by atoms with Gasteiger partial charge in [0.15, 0.2) is 5.13 Å². The van der Waals surface area contributed by atoms with Crippen LogP contribution in [0.25, 0.3) is 0 Å². The highest BCUT2D eigenvalue weighted by molar-refractivity contribution is 7.81. The molecule has 10 nitrogen and oxygen atoms in total. The number of rotatable bonds is 12. The van der Waals surface area contributed by atoms with Gasteiger partial charge in [0, 0.05) is 18.1 Å². The van der Waals surface area contributed by atoms with Gasteiger partial charge in [-0.25, -0.2) is 4.98 Å². The van der Waals surface area contributed by atoms with E-state index in [1.54, 1.807) is 35.8 Å². The molecular weight excluding hydrogens is 550 g/mol. The first-order chi connectivity index (χ1) is 18.8. The Morgan fingerprint density at radius 2 is 1.62 bits per heavy atom. The van der Waals surface area contributed by atoms with Gasteiger partial charge in [-0.1, -0.05) is 46.8 Å². The molecule has 0 aliphatic carbocycles. The van der Waals surface area contributed by atoms with Gasteiger partial charge >= 0.3 is 0 Å². The second kappa shape index (κ2) is 13.4. The van der Waals surface area contributed by atoms with Crippen LogP contribution in [-0.4, -0.2) is 63.3 Å². The first-order valence-electron chi connectivity index (χ1n) is 13.2. The van der Waals surface area contributed by atoms with Gasteiger partial charge in [0.05, 0.1) is 16.4 Å². The largest absolute Gasteiger partial charge is 0.343 e. The number of carbonyl (C=O) groups is 5. The summed E-state index contributed by atoms with van der Waals surface area (Å²) in [6.07, 6.45) is 2.60. The summed E-state index contributed by atoms with van der Waals surface area (Å²) in [5.74, 6) is -1.91. The van der Waals surface area contributed by atoms with Crippen molar-refractivity contribution >= 4 is 58.6 Å². The Morgan fingerprint density at radius 1 is 1.00 bits per heavy atom. The lowest BCUT2D eigenvalue weighted by atomic mass is 9.85. The van der Waals surface area contributed by atoms with E-state index < -0.39 is 40.5 Å². The molecule has 0 fully saturated rings. The van der Waals surface area contributed by atoms with Gasteiger partial charge in [-0.3, -0.25) is 28.9 Å². The van der Waals surface area contributed by atoms with Crippen LogP contribution in [0.1, 0.15) is 74.6 Å². The minimum Gasteiger partial charge on any atom is -0.343 e. The zero-order valence-corrected chi connectivity index (χ0v) is 25.1. The summed E-state index contributed by atoms with van der Waals surface area (Å²) in [5, 5.41) is 9.75. The Kier molecular flexibility index (Phi) is 10.5. The summed E-state index contributed by atoms with van der Waals surface area (Å²) in [6, 6.07) is 4.91. The van der Waals surface area contributed by atoms with Crippen molar-refractivity contribution in [3.8, 4) is 0 Å². The molecule has 0 saturated heterocycles. The van der Waals surface area contributed by atoms with Crippen LogP contribution in [0, 0.1) is 11.3 Å². The molecule has 3 atom stereocenters. The molecule has 5 amide bonds. The molecule has 2 aromatic rings. The number of thiazole rings is 1. The van der Waals surface area contributed by atoms with Crippen molar-refractivity contribution in [1.29, 1.82) is 0 Å². The number of fused-ring (bicyclic) bond motifs is 1. The monoisotopic (exact) mass is 587 g/mol. The summed E-state index contributed by atoms with van der Waals surface area (Å²) in [5.41, 5.74) is 0.146. The lowest BCUT2D eigenvalue weighted by Crippen LogP contribution is -2.57. The predicted octanol–water partition coefficient (Wildman–Crippen LogP) is 3.52. The van der Waals surface area contributed by atoms with Gasteiger partial charge in [-0.2, -0.15) is 12.6 Å². The third-order valence-electron chi connectivity index (χ3n) is 6.46. The van der Waals surface area contributed by atoms with E-state index in [1.807, 2.05) is 34.6 Å². The number of aromatic nitrogens is 1. The van der Waals surface area contributed by atoms with Gasteiger partial charge in [-0.05, 0) is 42.7 Å². The predicted molar refractivity (Wildman–Crippen MR) is 157 cm³/mol. The molecule has 0 radical (unpaired) electrons. The van der Waals surface area contributed by atoms with Crippen LogP contribution in [0.15, 0.2) is 35.8 Å². The van der Waals surface area contributed by atoms with E-state index >= 15 is 0 Å². The second-order valence-electron chi connectivity index (χ2n) is 11.3. The number of hydrogen-bond acceptors (Lipinski definition) is 8. The Morgan fingerprint density at radius 3 is 2.15 bits per heavy atom. The Hall–Kier alpha value is -3.25. The number of nitrogens with one attached hydrogen (secondary N) is 3. The minimum absolute atomic E-state index is 0.0838. The molecule has 1 aliphatic rings. The fourth-order valence-electron chi connectivity index (χ4n) is 4.37. The van der Waals surface area contributed by atoms with E-state index in [1.165, 1.54) is 16.2 Å². The van der Waals surface area contributed by atoms with Crippen LogP contribution in [0.2, 0.25) is 0 Å². The van der Waals surface area contributed by atoms with Gasteiger partial charge in [0.1, 0.15) is 12.1 Å². The standard InChI is InChI=1S/C28H37N5O5S2/c1-16(2)15-19(22(34)31-21(28(3,4)5)24(36)32-27-29-12-14-40-27)30-23(35)20(39)11-8-13-33-25(37)17-9-6-7-10-18(17)26(33)38/h6-7,9-10,12,14,16,19-21,39H,8,11,13,15H2,1-5H3,(H,30,35)(H,31,34)(H,29,32,36)/t19-,20?,21+/m0/s1. The maximum Gasteiger partial charge on any atom is 0.261 e. The van der Waals surface area contributed by atoms with Crippen LogP contribution in [0.3, 0.4) is 0 Å². The van der Waals surface area contributed by atoms with E-state index in [4.69, 9.17) is 0 Å². The average Bonchev–Trinajstić information content (AvgIpc) is 3.47. The zero-order valence-electron chi connectivity index (χ0n) is 23.4. The van der Waals surface area contributed by atoms with Crippen LogP contribution in [0.5, 0.6) is 0 Å². The molecule has 216 valence electrons. The number of nitrogens with zero attached hydrogens (tertiary/aromatic N) is 2. The molecule has 40 heavy (non-hydrogen) atoms. The molecule has 2 heterocycles. The maximum atomic E-state index is 13.3. The van der Waals surface area contributed by atoms with Crippen molar-refractivity contribution in [2.24, 2.45) is 11.3 Å². The molecule has 0 bridgehead atoms. The highest BCUT2D eigenvalue weighted by atomic mass is 32.1. The molecule has 1 aliphatic heterocycles. The normalized spacial score (nSPS) is 15.4. The average molecular weight is 588 g/mol. The molecule has 12 heteroatoms. The first kappa shape index (κ1) is 31.3. The van der Waals surface area contributed by atoms with Gasteiger partial charge in [-0.15, -0.1) is 11.3 Å². The van der Waals surface area contributed by atoms with Crippen LogP contribution >= 0.6 is 24.0 Å². The molecule has 3 rings (SSSR count). The number of benzene rings is 1. The van der Waals surface area contributed by atoms with Crippen molar-refractivity contribution in [2.75, 3.05) is 11.9 Å². The van der Waals surface area contributed by atoms with Gasteiger partial charge in [0.2, 0.25) is 17.7 Å². The van der Waals surface area contributed by atoms with Crippen molar-refractivity contribution in [3.05, 3.63) is 47.0 Å². The highest BCUT2D eigenvalue weighted by Gasteiger charge is 2.37. The first-order valence-corrected chi connectivity index (χ1v) is 14.6. The summed E-state index contributed by atoms with van der Waals surface area (Å²) in [4.78, 5) is 69.7. The third-order valence-corrected chi connectivity index (χ3v) is 7.64. The molecule has 1 aromatic heterocycles. The summed E-state index contributed by atoms with van der Waals surface area (Å²) in [6.45, 7) is 9.55. The molecule has 1 unspecified atom stereocenters. The fourth-order valence-corrected chi connectivity index (χ4v) is 5.16. The van der Waals surface area contributed by atoms with E-state index in [2.05, 4.69) is 33.6 Å². The Labute approximate surface area is 244 Å². The summed E-state index contributed by atoms with van der Waals surface area (Å²) >= 11 is 5.70. The van der Waals surface area contributed by atoms with Crippen molar-refractivity contribution in [2.45, 2.75) is 71.2 Å². The number of amides is 5. The molecule has 0 spiro atoms. The van der Waals surface area contributed by atoms with E-state index in [0.717, 1.165) is 0 Å². The smallest absolute Gasteiger partial charge is 0.261 e. The lowest BCUT2D eigenvalue weighted by molar-refractivity contribution is -0.132. The third kappa shape index (κ3) is 7.91. The quantitative estimate of drug-likeness (QED) is 0.222. The topological polar surface area (TPSA) is 138 Å². The van der Waals surface area contributed by atoms with E-state index in [9.17, 15) is 24.0 Å². The van der Waals surface area contributed by atoms with Crippen molar-refractivity contribution < 1.29 is 24.0 Å². The van der Waals surface area contributed by atoms with Gasteiger partial charge < -0.3 is 16.0 Å². The van der Waals surface area contributed by atoms with Gasteiger partial charge in [0.25, 0.3) is 11.8 Å². The maximum absolute atomic E-state index is 13.3.